The molecule has 3 rings (SSSR count). The zero-order chi connectivity index (χ0) is 18.1. The van der Waals surface area contributed by atoms with Crippen molar-refractivity contribution in [2.75, 3.05) is 0 Å². The van der Waals surface area contributed by atoms with E-state index in [2.05, 4.69) is 0 Å². The van der Waals surface area contributed by atoms with Crippen molar-refractivity contribution in [1.82, 2.24) is 4.57 Å². The van der Waals surface area contributed by atoms with Crippen molar-refractivity contribution in [3.63, 3.8) is 0 Å². The number of aromatic nitrogens is 1. The molecule has 5 heteroatoms. The third-order valence-corrected chi connectivity index (χ3v) is 4.12. The predicted molar refractivity (Wildman–Crippen MR) is 96.2 cm³/mol. The van der Waals surface area contributed by atoms with E-state index in [-0.39, 0.29) is 17.4 Å². The van der Waals surface area contributed by atoms with Gasteiger partial charge in [-0.25, -0.2) is 0 Å². The summed E-state index contributed by atoms with van der Waals surface area (Å²) in [6, 6.07) is 12.1. The number of hydrogen-bond donors (Lipinski definition) is 2. The maximum atomic E-state index is 11.6. The third kappa shape index (κ3) is 3.18. The Morgan fingerprint density at radius 2 is 1.80 bits per heavy atom. The summed E-state index contributed by atoms with van der Waals surface area (Å²) in [4.78, 5) is 11.6. The molecule has 0 radical (unpaired) electrons. The van der Waals surface area contributed by atoms with Crippen LogP contribution < -0.4 is 4.74 Å². The molecule has 0 bridgehead atoms. The highest BCUT2D eigenvalue weighted by Crippen LogP contribution is 2.41. The monoisotopic (exact) mass is 339 g/mol. The van der Waals surface area contributed by atoms with Crippen LogP contribution in [0.25, 0.3) is 10.9 Å². The number of ether oxygens (including phenoxy) is 1. The average Bonchev–Trinajstić information content (AvgIpc) is 2.84. The van der Waals surface area contributed by atoms with Gasteiger partial charge < -0.3 is 19.5 Å². The summed E-state index contributed by atoms with van der Waals surface area (Å²) >= 11 is 0. The smallest absolute Gasteiger partial charge is 0.308 e. The topological polar surface area (TPSA) is 71.7 Å². The summed E-state index contributed by atoms with van der Waals surface area (Å²) in [5, 5.41) is 20.6. The van der Waals surface area contributed by atoms with E-state index in [1.54, 1.807) is 24.3 Å². The fourth-order valence-corrected chi connectivity index (χ4v) is 3.15. The Bertz CT molecular complexity index is 923. The molecule has 2 N–H and O–H groups in total. The lowest BCUT2D eigenvalue weighted by molar-refractivity contribution is -0.131. The normalized spacial score (nSPS) is 11.2. The lowest BCUT2D eigenvalue weighted by Gasteiger charge is -2.15. The zero-order valence-corrected chi connectivity index (χ0v) is 14.5. The summed E-state index contributed by atoms with van der Waals surface area (Å²) in [5.41, 5.74) is 2.45. The molecule has 0 saturated carbocycles. The Morgan fingerprint density at radius 1 is 1.12 bits per heavy atom. The summed E-state index contributed by atoms with van der Waals surface area (Å²) in [6.07, 6.45) is 0. The van der Waals surface area contributed by atoms with E-state index < -0.39 is 5.97 Å². The number of benzene rings is 2. The zero-order valence-electron chi connectivity index (χ0n) is 14.5. The molecule has 0 aliphatic carbocycles. The third-order valence-electron chi connectivity index (χ3n) is 4.12. The van der Waals surface area contributed by atoms with E-state index in [0.717, 1.165) is 11.3 Å². The summed E-state index contributed by atoms with van der Waals surface area (Å²) in [7, 11) is 0. The van der Waals surface area contributed by atoms with Crippen molar-refractivity contribution in [3.05, 3.63) is 53.7 Å². The molecule has 1 aromatic heterocycles. The van der Waals surface area contributed by atoms with E-state index in [4.69, 9.17) is 4.74 Å². The second-order valence-electron chi connectivity index (χ2n) is 6.39. The summed E-state index contributed by atoms with van der Waals surface area (Å²) in [6.45, 7) is 5.90. The molecule has 1 heterocycles. The van der Waals surface area contributed by atoms with Crippen LogP contribution in [0.4, 0.5) is 0 Å². The van der Waals surface area contributed by atoms with E-state index in [1.807, 2.05) is 36.6 Å². The van der Waals surface area contributed by atoms with Crippen LogP contribution in [0, 0.1) is 0 Å². The Balaban J connectivity index is 2.26. The average molecular weight is 339 g/mol. The van der Waals surface area contributed by atoms with Crippen molar-refractivity contribution in [1.29, 1.82) is 0 Å². The minimum Gasteiger partial charge on any atom is -0.508 e. The van der Waals surface area contributed by atoms with E-state index >= 15 is 0 Å². The second kappa shape index (κ2) is 6.51. The number of phenols is 2. The van der Waals surface area contributed by atoms with Crippen LogP contribution in [0.2, 0.25) is 0 Å². The first kappa shape index (κ1) is 16.9. The van der Waals surface area contributed by atoms with E-state index in [1.165, 1.54) is 6.92 Å². The number of phenolic OH excluding ortho intramolecular Hbond substituents is 2. The molecule has 0 spiro atoms. The van der Waals surface area contributed by atoms with Gasteiger partial charge in [0.15, 0.2) is 5.75 Å². The molecular formula is C20H21NO4. The molecule has 0 aliphatic rings. The molecule has 5 nitrogen and oxygen atoms in total. The number of carbonyl (C=O) groups is 1. The van der Waals surface area contributed by atoms with Crippen LogP contribution in [-0.4, -0.2) is 20.7 Å². The predicted octanol–water partition coefficient (Wildman–Crippen LogP) is 4.15. The van der Waals surface area contributed by atoms with Crippen molar-refractivity contribution in [3.8, 4) is 17.2 Å². The van der Waals surface area contributed by atoms with Gasteiger partial charge in [0.05, 0.1) is 11.2 Å². The van der Waals surface area contributed by atoms with Crippen molar-refractivity contribution < 1.29 is 19.7 Å². The number of nitrogens with zero attached hydrogens (tertiary/aromatic N) is 1. The van der Waals surface area contributed by atoms with Gasteiger partial charge in [-0.15, -0.1) is 0 Å². The number of carbonyl (C=O) groups excluding carboxylic acids is 1. The van der Waals surface area contributed by atoms with Gasteiger partial charge in [0, 0.05) is 18.9 Å². The molecule has 3 aromatic rings. The Labute approximate surface area is 146 Å². The minimum absolute atomic E-state index is 0.0817. The lowest BCUT2D eigenvalue weighted by atomic mass is 10.1. The largest absolute Gasteiger partial charge is 0.508 e. The number of aromatic hydroxyl groups is 2. The van der Waals surface area contributed by atoms with Crippen molar-refractivity contribution in [2.24, 2.45) is 0 Å². The van der Waals surface area contributed by atoms with Gasteiger partial charge in [-0.05, 0) is 35.7 Å². The fraction of sp³-hybridized carbons (Fsp3) is 0.250. The summed E-state index contributed by atoms with van der Waals surface area (Å²) < 4.78 is 7.47. The molecular weight excluding hydrogens is 318 g/mol. The highest BCUT2D eigenvalue weighted by Gasteiger charge is 2.24. The van der Waals surface area contributed by atoms with Crippen LogP contribution in [-0.2, 0) is 11.3 Å². The van der Waals surface area contributed by atoms with Gasteiger partial charge in [-0.1, -0.05) is 32.0 Å². The highest BCUT2D eigenvalue weighted by atomic mass is 16.5. The maximum Gasteiger partial charge on any atom is 0.308 e. The standard InChI is InChI=1S/C20H21NO4/c1-12(2)18-20(25-13(3)22)16-5-4-6-17(24)19(16)21(18)11-14-7-9-15(23)10-8-14/h4-10,12,23-24H,11H2,1-3H3. The van der Waals surface area contributed by atoms with E-state index in [9.17, 15) is 15.0 Å². The first-order valence-corrected chi connectivity index (χ1v) is 8.19. The van der Waals surface area contributed by atoms with E-state index in [0.29, 0.717) is 23.2 Å². The van der Waals surface area contributed by atoms with Gasteiger partial charge in [0.1, 0.15) is 11.5 Å². The molecule has 0 fully saturated rings. The molecule has 0 amide bonds. The molecule has 130 valence electrons. The van der Waals surface area contributed by atoms with Crippen molar-refractivity contribution >= 4 is 16.9 Å². The van der Waals surface area contributed by atoms with Crippen LogP contribution in [0.5, 0.6) is 17.2 Å². The van der Waals surface area contributed by atoms with Gasteiger partial charge >= 0.3 is 5.97 Å². The molecule has 0 unspecified atom stereocenters. The van der Waals surface area contributed by atoms with Gasteiger partial charge in [0.25, 0.3) is 0 Å². The number of esters is 1. The molecule has 0 atom stereocenters. The second-order valence-corrected chi connectivity index (χ2v) is 6.39. The van der Waals surface area contributed by atoms with Crippen LogP contribution in [0.15, 0.2) is 42.5 Å². The number of para-hydroxylation sites is 1. The van der Waals surface area contributed by atoms with Gasteiger partial charge in [-0.3, -0.25) is 4.79 Å². The van der Waals surface area contributed by atoms with Crippen LogP contribution >= 0.6 is 0 Å². The quantitative estimate of drug-likeness (QED) is 0.701. The molecule has 2 aromatic carbocycles. The van der Waals surface area contributed by atoms with Gasteiger partial charge in [0.2, 0.25) is 0 Å². The van der Waals surface area contributed by atoms with Crippen molar-refractivity contribution in [2.45, 2.75) is 33.2 Å². The van der Waals surface area contributed by atoms with Crippen LogP contribution in [0.1, 0.15) is 37.9 Å². The lowest BCUT2D eigenvalue weighted by Crippen LogP contribution is -2.09. The number of hydrogen-bond acceptors (Lipinski definition) is 4. The fourth-order valence-electron chi connectivity index (χ4n) is 3.15. The Kier molecular flexibility index (Phi) is 4.40. The molecule has 0 aliphatic heterocycles. The van der Waals surface area contributed by atoms with Gasteiger partial charge in [-0.2, -0.15) is 0 Å². The minimum atomic E-state index is -0.395. The SMILES string of the molecule is CC(=O)Oc1c(C(C)C)n(Cc2ccc(O)cc2)c2c(O)cccc12. The van der Waals surface area contributed by atoms with Crippen LogP contribution in [0.3, 0.4) is 0 Å². The molecule has 0 saturated heterocycles. The molecule has 25 heavy (non-hydrogen) atoms. The Hall–Kier alpha value is -2.95. The number of rotatable bonds is 4. The Morgan fingerprint density at radius 3 is 2.40 bits per heavy atom. The maximum absolute atomic E-state index is 11.6. The first-order valence-electron chi connectivity index (χ1n) is 8.19. The highest BCUT2D eigenvalue weighted by molar-refractivity contribution is 5.94. The number of fused-ring (bicyclic) bond motifs is 1. The summed E-state index contributed by atoms with van der Waals surface area (Å²) in [5.74, 6) is 0.518. The first-order chi connectivity index (χ1) is 11.9.